The number of unbranched alkanes of at least 4 members (excludes halogenated alkanes) is 1. The van der Waals surface area contributed by atoms with Gasteiger partial charge >= 0.3 is 0 Å². The van der Waals surface area contributed by atoms with E-state index in [1.807, 2.05) is 18.2 Å². The quantitative estimate of drug-likeness (QED) is 0.365. The first-order chi connectivity index (χ1) is 7.74. The average molecular weight is 272 g/mol. The van der Waals surface area contributed by atoms with Crippen LogP contribution in [-0.2, 0) is 0 Å². The summed E-state index contributed by atoms with van der Waals surface area (Å²) < 4.78 is 0. The highest BCUT2D eigenvalue weighted by atomic mass is 35.5. The first-order valence-corrected chi connectivity index (χ1v) is 6.51. The molecular formula is C13H18ClNOS. The molecule has 0 saturated heterocycles. The third-order valence-electron chi connectivity index (χ3n) is 2.19. The second-order valence-electron chi connectivity index (χ2n) is 3.59. The maximum Gasteiger partial charge on any atom is 0.169 e. The van der Waals surface area contributed by atoms with Crippen LogP contribution in [0.1, 0.15) is 36.5 Å². The van der Waals surface area contributed by atoms with Gasteiger partial charge < -0.3 is 0 Å². The van der Waals surface area contributed by atoms with Crippen molar-refractivity contribution in [2.75, 3.05) is 5.75 Å². The highest BCUT2D eigenvalue weighted by molar-refractivity contribution is 8.13. The van der Waals surface area contributed by atoms with Crippen LogP contribution in [0.3, 0.4) is 0 Å². The Morgan fingerprint density at radius 3 is 2.53 bits per heavy atom. The highest BCUT2D eigenvalue weighted by Gasteiger charge is 2.08. The van der Waals surface area contributed by atoms with E-state index in [4.69, 9.17) is 5.41 Å². The summed E-state index contributed by atoms with van der Waals surface area (Å²) in [6.07, 6.45) is 2.47. The summed E-state index contributed by atoms with van der Waals surface area (Å²) in [5.74, 6) is 0.979. The van der Waals surface area contributed by atoms with Crippen LogP contribution in [0.15, 0.2) is 30.3 Å². The maximum atomic E-state index is 11.7. The summed E-state index contributed by atoms with van der Waals surface area (Å²) in [6, 6.07) is 9.18. The topological polar surface area (TPSA) is 40.9 Å². The molecule has 0 fully saturated rings. The zero-order chi connectivity index (χ0) is 11.8. The summed E-state index contributed by atoms with van der Waals surface area (Å²) in [5.41, 5.74) is 0.698. The van der Waals surface area contributed by atoms with Crippen molar-refractivity contribution in [3.63, 3.8) is 0 Å². The van der Waals surface area contributed by atoms with Crippen LogP contribution >= 0.6 is 24.2 Å². The van der Waals surface area contributed by atoms with Crippen molar-refractivity contribution in [2.24, 2.45) is 0 Å². The van der Waals surface area contributed by atoms with Crippen molar-refractivity contribution in [3.05, 3.63) is 35.9 Å². The molecule has 0 aliphatic carbocycles. The molecule has 0 spiro atoms. The van der Waals surface area contributed by atoms with E-state index in [-0.39, 0.29) is 24.6 Å². The lowest BCUT2D eigenvalue weighted by molar-refractivity contribution is 0.100. The molecule has 94 valence electrons. The summed E-state index contributed by atoms with van der Waals surface area (Å²) in [5, 5.41) is 8.16. The van der Waals surface area contributed by atoms with Gasteiger partial charge in [0.1, 0.15) is 0 Å². The van der Waals surface area contributed by atoms with Gasteiger partial charge in [-0.3, -0.25) is 10.2 Å². The molecule has 1 N–H and O–H groups in total. The highest BCUT2D eigenvalue weighted by Crippen LogP contribution is 2.12. The lowest BCUT2D eigenvalue weighted by Gasteiger charge is -2.02. The predicted molar refractivity (Wildman–Crippen MR) is 77.7 cm³/mol. The van der Waals surface area contributed by atoms with Crippen LogP contribution in [0.5, 0.6) is 0 Å². The van der Waals surface area contributed by atoms with Crippen molar-refractivity contribution >= 4 is 35.0 Å². The van der Waals surface area contributed by atoms with Gasteiger partial charge in [-0.25, -0.2) is 0 Å². The fourth-order valence-electron chi connectivity index (χ4n) is 1.26. The normalized spacial score (nSPS) is 9.47. The molecule has 0 radical (unpaired) electrons. The van der Waals surface area contributed by atoms with E-state index in [9.17, 15) is 4.79 Å². The van der Waals surface area contributed by atoms with Crippen LogP contribution in [-0.4, -0.2) is 16.6 Å². The Labute approximate surface area is 113 Å². The number of thioether (sulfide) groups is 1. The predicted octanol–water partition coefficient (Wildman–Crippen LogP) is 4.19. The fraction of sp³-hybridized carbons (Fsp3) is 0.385. The molecule has 0 saturated carbocycles. The molecule has 1 aromatic carbocycles. The molecule has 1 aromatic rings. The minimum Gasteiger partial charge on any atom is -0.298 e. The number of carbonyl (C=O) groups is 1. The largest absolute Gasteiger partial charge is 0.298 e. The van der Waals surface area contributed by atoms with Crippen LogP contribution < -0.4 is 0 Å². The minimum atomic E-state index is 0. The van der Waals surface area contributed by atoms with Crippen molar-refractivity contribution < 1.29 is 4.79 Å². The van der Waals surface area contributed by atoms with Gasteiger partial charge in [0, 0.05) is 5.56 Å². The SMILES string of the molecule is CCCCSC(=N)CC(=O)c1ccccc1.Cl. The number of Topliss-reactive ketones (excluding diaryl/α,β-unsaturated/α-hetero) is 1. The number of hydrogen-bond donors (Lipinski definition) is 1. The van der Waals surface area contributed by atoms with Gasteiger partial charge in [0.2, 0.25) is 0 Å². The molecule has 0 aliphatic rings. The van der Waals surface area contributed by atoms with Gasteiger partial charge in [-0.15, -0.1) is 24.2 Å². The molecule has 17 heavy (non-hydrogen) atoms. The van der Waals surface area contributed by atoms with E-state index in [1.54, 1.807) is 12.1 Å². The van der Waals surface area contributed by atoms with Crippen LogP contribution in [0.4, 0.5) is 0 Å². The summed E-state index contributed by atoms with van der Waals surface area (Å²) in [6.45, 7) is 2.12. The number of nitrogens with one attached hydrogen (secondary N) is 1. The molecule has 4 heteroatoms. The third kappa shape index (κ3) is 6.49. The van der Waals surface area contributed by atoms with E-state index >= 15 is 0 Å². The number of ketones is 1. The summed E-state index contributed by atoms with van der Waals surface area (Å²) >= 11 is 1.49. The lowest BCUT2D eigenvalue weighted by atomic mass is 10.1. The average Bonchev–Trinajstić information content (AvgIpc) is 2.30. The van der Waals surface area contributed by atoms with E-state index in [2.05, 4.69) is 6.92 Å². The number of benzene rings is 1. The third-order valence-corrected chi connectivity index (χ3v) is 3.18. The number of carbonyl (C=O) groups excluding carboxylic acids is 1. The minimum absolute atomic E-state index is 0. The van der Waals surface area contributed by atoms with E-state index in [0.29, 0.717) is 10.6 Å². The molecule has 0 aromatic heterocycles. The Morgan fingerprint density at radius 2 is 1.94 bits per heavy atom. The molecule has 0 unspecified atom stereocenters. The molecular weight excluding hydrogens is 254 g/mol. The first-order valence-electron chi connectivity index (χ1n) is 5.52. The van der Waals surface area contributed by atoms with Crippen LogP contribution in [0.2, 0.25) is 0 Å². The van der Waals surface area contributed by atoms with Crippen molar-refractivity contribution in [3.8, 4) is 0 Å². The second kappa shape index (κ2) is 9.25. The Balaban J connectivity index is 0.00000256. The Kier molecular flexibility index (Phi) is 8.82. The molecule has 0 bridgehead atoms. The Hall–Kier alpha value is -0.800. The van der Waals surface area contributed by atoms with Gasteiger partial charge in [-0.2, -0.15) is 0 Å². The molecule has 0 heterocycles. The first kappa shape index (κ1) is 16.2. The number of hydrogen-bond acceptors (Lipinski definition) is 3. The van der Waals surface area contributed by atoms with Crippen LogP contribution in [0, 0.1) is 5.41 Å². The van der Waals surface area contributed by atoms with E-state index in [0.717, 1.165) is 18.6 Å². The lowest BCUT2D eigenvalue weighted by Crippen LogP contribution is -2.04. The van der Waals surface area contributed by atoms with Crippen molar-refractivity contribution in [1.29, 1.82) is 5.41 Å². The Morgan fingerprint density at radius 1 is 1.29 bits per heavy atom. The van der Waals surface area contributed by atoms with Gasteiger partial charge in [0.05, 0.1) is 11.5 Å². The molecule has 0 atom stereocenters. The van der Waals surface area contributed by atoms with Gasteiger partial charge in [0.15, 0.2) is 5.78 Å². The summed E-state index contributed by atoms with van der Waals surface area (Å²) in [7, 11) is 0. The van der Waals surface area contributed by atoms with Gasteiger partial charge in [-0.05, 0) is 12.2 Å². The zero-order valence-electron chi connectivity index (χ0n) is 9.94. The monoisotopic (exact) mass is 271 g/mol. The molecule has 1 rings (SSSR count). The number of rotatable bonds is 6. The van der Waals surface area contributed by atoms with Crippen molar-refractivity contribution in [2.45, 2.75) is 26.2 Å². The second-order valence-corrected chi connectivity index (χ2v) is 4.78. The van der Waals surface area contributed by atoms with Gasteiger partial charge in [0.25, 0.3) is 0 Å². The molecule has 0 aliphatic heterocycles. The smallest absolute Gasteiger partial charge is 0.169 e. The van der Waals surface area contributed by atoms with Crippen LogP contribution in [0.25, 0.3) is 0 Å². The Bertz CT molecular complexity index is 354. The molecule has 0 amide bonds. The maximum absolute atomic E-state index is 11.7. The standard InChI is InChI=1S/C13H17NOS.ClH/c1-2-3-9-16-13(14)10-12(15)11-7-5-4-6-8-11;/h4-8,14H,2-3,9-10H2,1H3;1H. The van der Waals surface area contributed by atoms with E-state index < -0.39 is 0 Å². The zero-order valence-corrected chi connectivity index (χ0v) is 11.6. The van der Waals surface area contributed by atoms with E-state index in [1.165, 1.54) is 11.8 Å². The van der Waals surface area contributed by atoms with Gasteiger partial charge in [-0.1, -0.05) is 43.7 Å². The van der Waals surface area contributed by atoms with Crippen molar-refractivity contribution in [1.82, 2.24) is 0 Å². The number of halogens is 1. The molecule has 2 nitrogen and oxygen atoms in total. The fourth-order valence-corrected chi connectivity index (χ4v) is 2.18. The summed E-state index contributed by atoms with van der Waals surface area (Å²) in [4.78, 5) is 11.7.